The molecule has 0 bridgehead atoms. The van der Waals surface area contributed by atoms with E-state index in [1.54, 1.807) is 13.8 Å². The Bertz CT molecular complexity index is 713. The molecule has 4 nitrogen and oxygen atoms in total. The molecule has 0 spiro atoms. The molecule has 0 aliphatic rings. The lowest BCUT2D eigenvalue weighted by atomic mass is 10.0. The zero-order valence-corrected chi connectivity index (χ0v) is 12.4. The Balaban J connectivity index is 2.50. The molecule has 19 heavy (non-hydrogen) atoms. The molecule has 1 unspecified atom stereocenters. The van der Waals surface area contributed by atoms with Crippen LogP contribution in [0.2, 0.25) is 0 Å². The summed E-state index contributed by atoms with van der Waals surface area (Å²) in [6, 6.07) is 6.93. The minimum absolute atomic E-state index is 0.496. The maximum atomic E-state index is 11.8. The number of furan rings is 1. The van der Waals surface area contributed by atoms with E-state index in [9.17, 15) is 8.42 Å². The number of rotatable bonds is 3. The number of hydrogen-bond acceptors (Lipinski definition) is 4. The van der Waals surface area contributed by atoms with Crippen molar-refractivity contribution in [1.82, 2.24) is 0 Å². The summed E-state index contributed by atoms with van der Waals surface area (Å²) >= 11 is 0. The van der Waals surface area contributed by atoms with E-state index in [-0.39, 0.29) is 0 Å². The molecule has 5 heteroatoms. The second-order valence-electron chi connectivity index (χ2n) is 5.54. The molecule has 104 valence electrons. The number of nitrogens with two attached hydrogens (primary N) is 1. The third-order valence-electron chi connectivity index (χ3n) is 3.70. The van der Waals surface area contributed by atoms with E-state index in [1.807, 2.05) is 31.2 Å². The van der Waals surface area contributed by atoms with E-state index in [4.69, 9.17) is 10.2 Å². The Labute approximate surface area is 113 Å². The Morgan fingerprint density at radius 1 is 1.26 bits per heavy atom. The molecule has 0 saturated heterocycles. The van der Waals surface area contributed by atoms with Crippen LogP contribution >= 0.6 is 0 Å². The van der Waals surface area contributed by atoms with Gasteiger partial charge in [0.25, 0.3) is 0 Å². The van der Waals surface area contributed by atoms with Crippen LogP contribution in [-0.4, -0.2) is 19.4 Å². The summed E-state index contributed by atoms with van der Waals surface area (Å²) in [6.45, 7) is 5.23. The zero-order valence-electron chi connectivity index (χ0n) is 11.6. The molecule has 0 amide bonds. The smallest absolute Gasteiger partial charge is 0.154 e. The first kappa shape index (κ1) is 14.1. The fourth-order valence-corrected chi connectivity index (χ4v) is 2.49. The largest absolute Gasteiger partial charge is 0.459 e. The summed E-state index contributed by atoms with van der Waals surface area (Å²) in [5.74, 6) is 0.496. The first-order chi connectivity index (χ1) is 8.63. The summed E-state index contributed by atoms with van der Waals surface area (Å²) in [7, 11) is -3.28. The molecule has 1 aromatic heterocycles. The zero-order chi connectivity index (χ0) is 14.4. The fraction of sp³-hybridized carbons (Fsp3) is 0.429. The molecular formula is C14H19NO3S. The Morgan fingerprint density at radius 3 is 2.47 bits per heavy atom. The summed E-state index contributed by atoms with van der Waals surface area (Å²) in [6.07, 6.45) is 1.19. The van der Waals surface area contributed by atoms with Crippen LogP contribution in [0.1, 0.15) is 31.2 Å². The molecule has 2 N–H and O–H groups in total. The van der Waals surface area contributed by atoms with Crippen LogP contribution in [0.4, 0.5) is 0 Å². The van der Waals surface area contributed by atoms with Crippen molar-refractivity contribution in [1.29, 1.82) is 0 Å². The minimum atomic E-state index is -3.28. The molecule has 0 aliphatic heterocycles. The van der Waals surface area contributed by atoms with Gasteiger partial charge in [-0.15, -0.1) is 0 Å². The van der Waals surface area contributed by atoms with Crippen molar-refractivity contribution in [3.63, 3.8) is 0 Å². The molecule has 0 radical (unpaired) electrons. The Morgan fingerprint density at radius 2 is 1.89 bits per heavy atom. The molecular weight excluding hydrogens is 262 g/mol. The lowest BCUT2D eigenvalue weighted by Crippen LogP contribution is -2.42. The van der Waals surface area contributed by atoms with Crippen molar-refractivity contribution in [2.75, 3.05) is 6.26 Å². The highest BCUT2D eigenvalue weighted by Crippen LogP contribution is 2.33. The molecule has 2 rings (SSSR count). The van der Waals surface area contributed by atoms with E-state index < -0.39 is 20.6 Å². The summed E-state index contributed by atoms with van der Waals surface area (Å²) in [5, 5.41) is 0.940. The molecule has 1 atom stereocenters. The first-order valence-electron chi connectivity index (χ1n) is 6.08. The standard InChI is InChI=1S/C14H19NO3S/c1-9-5-6-11-10(7-9)8-12(18-11)13(15)14(2,3)19(4,16)17/h5-8,13H,15H2,1-4H3. The third kappa shape index (κ3) is 2.40. The van der Waals surface area contributed by atoms with E-state index in [2.05, 4.69) is 0 Å². The Hall–Kier alpha value is -1.33. The second-order valence-corrected chi connectivity index (χ2v) is 8.14. The average molecular weight is 281 g/mol. The Kier molecular flexibility index (Phi) is 3.23. The van der Waals surface area contributed by atoms with Gasteiger partial charge in [-0.25, -0.2) is 8.42 Å². The predicted molar refractivity (Wildman–Crippen MR) is 76.8 cm³/mol. The van der Waals surface area contributed by atoms with Crippen molar-refractivity contribution < 1.29 is 12.8 Å². The topological polar surface area (TPSA) is 73.3 Å². The first-order valence-corrected chi connectivity index (χ1v) is 7.97. The monoisotopic (exact) mass is 281 g/mol. The van der Waals surface area contributed by atoms with Gasteiger partial charge in [-0.1, -0.05) is 11.6 Å². The van der Waals surface area contributed by atoms with Crippen molar-refractivity contribution in [2.24, 2.45) is 5.73 Å². The van der Waals surface area contributed by atoms with Gasteiger partial charge < -0.3 is 10.2 Å². The summed E-state index contributed by atoms with van der Waals surface area (Å²) in [4.78, 5) is 0. The van der Waals surface area contributed by atoms with Crippen LogP contribution in [0.3, 0.4) is 0 Å². The van der Waals surface area contributed by atoms with Crippen LogP contribution < -0.4 is 5.73 Å². The van der Waals surface area contributed by atoms with Gasteiger partial charge in [-0.05, 0) is 39.0 Å². The van der Waals surface area contributed by atoms with Gasteiger partial charge in [0.1, 0.15) is 11.3 Å². The van der Waals surface area contributed by atoms with E-state index in [0.717, 1.165) is 16.5 Å². The van der Waals surface area contributed by atoms with Crippen molar-refractivity contribution in [2.45, 2.75) is 31.6 Å². The third-order valence-corrected chi connectivity index (χ3v) is 5.87. The number of aryl methyl sites for hydroxylation is 1. The van der Waals surface area contributed by atoms with Crippen LogP contribution in [-0.2, 0) is 9.84 Å². The summed E-state index contributed by atoms with van der Waals surface area (Å²) < 4.78 is 28.2. The molecule has 0 fully saturated rings. The predicted octanol–water partition coefficient (Wildman–Crippen LogP) is 2.56. The highest BCUT2D eigenvalue weighted by atomic mass is 32.2. The number of fused-ring (bicyclic) bond motifs is 1. The molecule has 0 aliphatic carbocycles. The van der Waals surface area contributed by atoms with Crippen LogP contribution in [0.15, 0.2) is 28.7 Å². The van der Waals surface area contributed by atoms with Gasteiger partial charge in [0.15, 0.2) is 9.84 Å². The SMILES string of the molecule is Cc1ccc2oc(C(N)C(C)(C)S(C)(=O)=O)cc2c1. The normalized spacial score (nSPS) is 14.8. The van der Waals surface area contributed by atoms with Crippen molar-refractivity contribution >= 4 is 20.8 Å². The van der Waals surface area contributed by atoms with Gasteiger partial charge in [-0.2, -0.15) is 0 Å². The van der Waals surface area contributed by atoms with Gasteiger partial charge in [-0.3, -0.25) is 0 Å². The number of hydrogen-bond donors (Lipinski definition) is 1. The van der Waals surface area contributed by atoms with Crippen LogP contribution in [0.25, 0.3) is 11.0 Å². The van der Waals surface area contributed by atoms with Gasteiger partial charge in [0, 0.05) is 11.6 Å². The molecule has 1 heterocycles. The van der Waals surface area contributed by atoms with E-state index in [0.29, 0.717) is 5.76 Å². The highest BCUT2D eigenvalue weighted by Gasteiger charge is 2.39. The van der Waals surface area contributed by atoms with Gasteiger partial charge in [0.2, 0.25) is 0 Å². The maximum absolute atomic E-state index is 11.8. The number of sulfone groups is 1. The second kappa shape index (κ2) is 4.35. The maximum Gasteiger partial charge on any atom is 0.154 e. The van der Waals surface area contributed by atoms with E-state index >= 15 is 0 Å². The van der Waals surface area contributed by atoms with E-state index in [1.165, 1.54) is 6.26 Å². The number of benzene rings is 1. The summed E-state index contributed by atoms with van der Waals surface area (Å²) in [5.41, 5.74) is 7.93. The molecule has 0 saturated carbocycles. The lowest BCUT2D eigenvalue weighted by molar-refractivity contribution is 0.423. The molecule has 2 aromatic rings. The fourth-order valence-electron chi connectivity index (χ4n) is 1.91. The van der Waals surface area contributed by atoms with Crippen molar-refractivity contribution in [3.05, 3.63) is 35.6 Å². The average Bonchev–Trinajstić information content (AvgIpc) is 2.68. The minimum Gasteiger partial charge on any atom is -0.459 e. The van der Waals surface area contributed by atoms with Gasteiger partial charge >= 0.3 is 0 Å². The van der Waals surface area contributed by atoms with Crippen LogP contribution in [0, 0.1) is 6.92 Å². The lowest BCUT2D eigenvalue weighted by Gasteiger charge is -2.27. The van der Waals surface area contributed by atoms with Gasteiger partial charge in [0.05, 0.1) is 10.8 Å². The highest BCUT2D eigenvalue weighted by molar-refractivity contribution is 7.92. The molecule has 1 aromatic carbocycles. The quantitative estimate of drug-likeness (QED) is 0.938. The van der Waals surface area contributed by atoms with Crippen molar-refractivity contribution in [3.8, 4) is 0 Å². The van der Waals surface area contributed by atoms with Crippen LogP contribution in [0.5, 0.6) is 0 Å².